The molecule has 1 aliphatic heterocycles. The number of carbonyl (C=O) groups is 1. The molecule has 0 saturated heterocycles. The number of hydrogen-bond acceptors (Lipinski definition) is 3. The predicted molar refractivity (Wildman–Crippen MR) is 57.1 cm³/mol. The van der Waals surface area contributed by atoms with Crippen molar-refractivity contribution in [1.82, 2.24) is 0 Å². The van der Waals surface area contributed by atoms with E-state index in [1.54, 1.807) is 19.1 Å². The fourth-order valence-corrected chi connectivity index (χ4v) is 2.01. The average Bonchev–Trinajstić information content (AvgIpc) is 2.27. The van der Waals surface area contributed by atoms with Crippen molar-refractivity contribution in [3.63, 3.8) is 0 Å². The van der Waals surface area contributed by atoms with Gasteiger partial charge in [-0.2, -0.15) is 0 Å². The number of para-hydroxylation sites is 1. The Labute approximate surface area is 93.5 Å². The molecule has 1 aliphatic rings. The fourth-order valence-electron chi connectivity index (χ4n) is 2.01. The molecule has 0 bridgehead atoms. The number of carboxylic acids is 1. The second kappa shape index (κ2) is 3.79. The van der Waals surface area contributed by atoms with Crippen molar-refractivity contribution in [2.75, 3.05) is 0 Å². The van der Waals surface area contributed by atoms with Crippen molar-refractivity contribution in [3.05, 3.63) is 29.8 Å². The molecule has 0 aliphatic carbocycles. The van der Waals surface area contributed by atoms with Gasteiger partial charge in [0.15, 0.2) is 0 Å². The lowest BCUT2D eigenvalue weighted by atomic mass is 9.86. The molecule has 2 N–H and O–H groups in total. The van der Waals surface area contributed by atoms with Crippen LogP contribution >= 0.6 is 0 Å². The Morgan fingerprint density at radius 1 is 1.56 bits per heavy atom. The van der Waals surface area contributed by atoms with Gasteiger partial charge in [0.1, 0.15) is 11.7 Å². The van der Waals surface area contributed by atoms with Crippen LogP contribution in [-0.2, 0) is 11.2 Å². The Kier molecular flexibility index (Phi) is 2.59. The maximum atomic E-state index is 11.1. The van der Waals surface area contributed by atoms with Crippen molar-refractivity contribution in [3.8, 4) is 5.75 Å². The molecule has 0 fully saturated rings. The van der Waals surface area contributed by atoms with E-state index in [-0.39, 0.29) is 6.42 Å². The lowest BCUT2D eigenvalue weighted by molar-refractivity contribution is -0.202. The molecule has 0 spiro atoms. The van der Waals surface area contributed by atoms with Gasteiger partial charge in [-0.1, -0.05) is 25.1 Å². The van der Waals surface area contributed by atoms with Gasteiger partial charge in [-0.25, -0.2) is 0 Å². The zero-order valence-corrected chi connectivity index (χ0v) is 9.01. The second-order valence-corrected chi connectivity index (χ2v) is 4.00. The number of rotatable bonds is 2. The summed E-state index contributed by atoms with van der Waals surface area (Å²) in [5.41, 5.74) is 0.827. The number of aliphatic hydroxyl groups is 1. The largest absolute Gasteiger partial charge is 0.481 e. The molecule has 0 saturated carbocycles. The Balaban J connectivity index is 2.41. The smallest absolute Gasteiger partial charge is 0.313 e. The predicted octanol–water partition coefficient (Wildman–Crippen LogP) is 1.42. The number of benzene rings is 1. The van der Waals surface area contributed by atoms with Crippen LogP contribution in [0, 0.1) is 5.92 Å². The summed E-state index contributed by atoms with van der Waals surface area (Å²) in [6.45, 7) is 1.71. The number of aliphatic carboxylic acids is 1. The summed E-state index contributed by atoms with van der Waals surface area (Å²) in [6.07, 6.45) is 0.550. The Morgan fingerprint density at radius 2 is 2.25 bits per heavy atom. The van der Waals surface area contributed by atoms with Crippen LogP contribution in [0.2, 0.25) is 0 Å². The quantitative estimate of drug-likeness (QED) is 0.794. The fraction of sp³-hybridized carbons (Fsp3) is 0.417. The SMILES string of the molecule is CCC1(O)Oc2ccccc2CC1C(=O)O. The van der Waals surface area contributed by atoms with E-state index < -0.39 is 17.7 Å². The number of fused-ring (bicyclic) bond motifs is 1. The van der Waals surface area contributed by atoms with Gasteiger partial charge in [0.25, 0.3) is 0 Å². The highest BCUT2D eigenvalue weighted by Crippen LogP contribution is 2.37. The lowest BCUT2D eigenvalue weighted by Crippen LogP contribution is -2.50. The van der Waals surface area contributed by atoms with Crippen molar-refractivity contribution in [2.24, 2.45) is 5.92 Å². The van der Waals surface area contributed by atoms with Gasteiger partial charge < -0.3 is 14.9 Å². The van der Waals surface area contributed by atoms with E-state index in [4.69, 9.17) is 9.84 Å². The highest BCUT2D eigenvalue weighted by Gasteiger charge is 2.46. The first-order chi connectivity index (χ1) is 7.57. The van der Waals surface area contributed by atoms with E-state index in [2.05, 4.69) is 0 Å². The van der Waals surface area contributed by atoms with E-state index in [1.807, 2.05) is 12.1 Å². The Bertz CT molecular complexity index is 415. The molecule has 1 heterocycles. The number of carboxylic acid groups (broad SMARTS) is 1. The molecule has 16 heavy (non-hydrogen) atoms. The van der Waals surface area contributed by atoms with Gasteiger partial charge in [-0.15, -0.1) is 0 Å². The number of hydrogen-bond donors (Lipinski definition) is 2. The molecular formula is C12H14O4. The van der Waals surface area contributed by atoms with E-state index >= 15 is 0 Å². The van der Waals surface area contributed by atoms with Gasteiger partial charge in [0.05, 0.1) is 0 Å². The minimum Gasteiger partial charge on any atom is -0.481 e. The molecule has 86 valence electrons. The highest BCUT2D eigenvalue weighted by molar-refractivity contribution is 5.72. The van der Waals surface area contributed by atoms with Gasteiger partial charge >= 0.3 is 5.97 Å². The maximum Gasteiger partial charge on any atom is 0.313 e. The molecular weight excluding hydrogens is 208 g/mol. The van der Waals surface area contributed by atoms with Gasteiger partial charge in [0.2, 0.25) is 5.79 Å². The normalized spacial score (nSPS) is 28.0. The van der Waals surface area contributed by atoms with Crippen molar-refractivity contribution >= 4 is 5.97 Å². The molecule has 4 nitrogen and oxygen atoms in total. The number of ether oxygens (including phenoxy) is 1. The topological polar surface area (TPSA) is 66.8 Å². The zero-order valence-electron chi connectivity index (χ0n) is 9.01. The van der Waals surface area contributed by atoms with Gasteiger partial charge in [-0.05, 0) is 18.1 Å². The van der Waals surface area contributed by atoms with Crippen molar-refractivity contribution in [1.29, 1.82) is 0 Å². The summed E-state index contributed by atoms with van der Waals surface area (Å²) >= 11 is 0. The van der Waals surface area contributed by atoms with E-state index in [9.17, 15) is 9.90 Å². The van der Waals surface area contributed by atoms with Crippen LogP contribution < -0.4 is 4.74 Å². The van der Waals surface area contributed by atoms with Crippen LogP contribution in [0.3, 0.4) is 0 Å². The third kappa shape index (κ3) is 1.65. The molecule has 1 aromatic rings. The van der Waals surface area contributed by atoms with Crippen LogP contribution in [0.1, 0.15) is 18.9 Å². The summed E-state index contributed by atoms with van der Waals surface area (Å²) in [5.74, 6) is -2.96. The minimum absolute atomic E-state index is 0.248. The van der Waals surface area contributed by atoms with Crippen LogP contribution in [0.25, 0.3) is 0 Å². The van der Waals surface area contributed by atoms with E-state index in [0.717, 1.165) is 5.56 Å². The molecule has 0 amide bonds. The third-order valence-electron chi connectivity index (χ3n) is 3.03. The highest BCUT2D eigenvalue weighted by atomic mass is 16.6. The van der Waals surface area contributed by atoms with Crippen molar-refractivity contribution in [2.45, 2.75) is 25.6 Å². The minimum atomic E-state index is -1.60. The molecule has 1 aromatic carbocycles. The van der Waals surface area contributed by atoms with Crippen LogP contribution in [-0.4, -0.2) is 22.0 Å². The molecule has 0 aromatic heterocycles. The van der Waals surface area contributed by atoms with Gasteiger partial charge in [0, 0.05) is 6.42 Å². The van der Waals surface area contributed by atoms with Crippen molar-refractivity contribution < 1.29 is 19.7 Å². The standard InChI is InChI=1S/C12H14O4/c1-2-12(15)9(11(13)14)7-8-5-3-4-6-10(8)16-12/h3-6,9,15H,2,7H2,1H3,(H,13,14). The van der Waals surface area contributed by atoms with E-state index in [1.165, 1.54) is 0 Å². The summed E-state index contributed by atoms with van der Waals surface area (Å²) in [4.78, 5) is 11.1. The Hall–Kier alpha value is -1.55. The summed E-state index contributed by atoms with van der Waals surface area (Å²) in [7, 11) is 0. The van der Waals surface area contributed by atoms with Crippen LogP contribution in [0.4, 0.5) is 0 Å². The third-order valence-corrected chi connectivity index (χ3v) is 3.03. The van der Waals surface area contributed by atoms with Crippen LogP contribution in [0.15, 0.2) is 24.3 Å². The molecule has 2 atom stereocenters. The monoisotopic (exact) mass is 222 g/mol. The first-order valence-electron chi connectivity index (χ1n) is 5.29. The zero-order chi connectivity index (χ0) is 11.8. The summed E-state index contributed by atoms with van der Waals surface area (Å²) in [6, 6.07) is 7.20. The molecule has 0 radical (unpaired) electrons. The molecule has 2 rings (SSSR count). The average molecular weight is 222 g/mol. The van der Waals surface area contributed by atoms with Gasteiger partial charge in [-0.3, -0.25) is 4.79 Å². The van der Waals surface area contributed by atoms with E-state index in [0.29, 0.717) is 12.2 Å². The lowest BCUT2D eigenvalue weighted by Gasteiger charge is -2.38. The molecule has 2 unspecified atom stereocenters. The first-order valence-corrected chi connectivity index (χ1v) is 5.29. The second-order valence-electron chi connectivity index (χ2n) is 4.00. The first kappa shape index (κ1) is 11.0. The maximum absolute atomic E-state index is 11.1. The summed E-state index contributed by atoms with van der Waals surface area (Å²) in [5, 5.41) is 19.2. The van der Waals surface area contributed by atoms with Crippen LogP contribution in [0.5, 0.6) is 5.75 Å². The Morgan fingerprint density at radius 3 is 2.88 bits per heavy atom. The summed E-state index contributed by atoms with van der Waals surface area (Å²) < 4.78 is 5.42. The molecule has 4 heteroatoms.